The van der Waals surface area contributed by atoms with E-state index in [1.807, 2.05) is 19.9 Å². The smallest absolute Gasteiger partial charge is 0.129 e. The molecule has 1 aliphatic heterocycles. The molecule has 2 unspecified atom stereocenters. The Morgan fingerprint density at radius 1 is 1.56 bits per heavy atom. The minimum Gasteiger partial charge on any atom is -0.385 e. The second-order valence-corrected chi connectivity index (χ2v) is 5.56. The molecule has 4 nitrogen and oxygen atoms in total. The number of hydrogen-bond acceptors (Lipinski definition) is 4. The van der Waals surface area contributed by atoms with E-state index in [9.17, 15) is 5.11 Å². The lowest BCUT2D eigenvalue weighted by Crippen LogP contribution is -2.45. The molecule has 3 N–H and O–H groups in total. The molecule has 1 aliphatic rings. The van der Waals surface area contributed by atoms with Gasteiger partial charge in [-0.05, 0) is 31.9 Å². The average molecular weight is 250 g/mol. The number of pyridine rings is 1. The van der Waals surface area contributed by atoms with Gasteiger partial charge in [0.1, 0.15) is 5.82 Å². The SMILES string of the molecule is CCC1(C)CC(O)(c2cc(C)cnc2N)CCO1. The van der Waals surface area contributed by atoms with E-state index < -0.39 is 5.60 Å². The third-order valence-corrected chi connectivity index (χ3v) is 3.94. The Hall–Kier alpha value is -1.13. The van der Waals surface area contributed by atoms with Crippen LogP contribution < -0.4 is 5.73 Å². The summed E-state index contributed by atoms with van der Waals surface area (Å²) < 4.78 is 5.78. The molecule has 1 aromatic rings. The lowest BCUT2D eigenvalue weighted by Gasteiger charge is -2.43. The maximum Gasteiger partial charge on any atom is 0.129 e. The largest absolute Gasteiger partial charge is 0.385 e. The highest BCUT2D eigenvalue weighted by molar-refractivity contribution is 5.45. The number of aromatic nitrogens is 1. The van der Waals surface area contributed by atoms with Gasteiger partial charge in [0.15, 0.2) is 0 Å². The van der Waals surface area contributed by atoms with Gasteiger partial charge in [0.2, 0.25) is 0 Å². The fraction of sp³-hybridized carbons (Fsp3) is 0.643. The molecule has 0 spiro atoms. The molecule has 2 heterocycles. The summed E-state index contributed by atoms with van der Waals surface area (Å²) in [7, 11) is 0. The summed E-state index contributed by atoms with van der Waals surface area (Å²) in [4.78, 5) is 4.15. The third kappa shape index (κ3) is 2.35. The molecule has 0 amide bonds. The van der Waals surface area contributed by atoms with Crippen LogP contribution in [-0.4, -0.2) is 22.3 Å². The van der Waals surface area contributed by atoms with Crippen molar-refractivity contribution in [1.29, 1.82) is 0 Å². The quantitative estimate of drug-likeness (QED) is 0.843. The van der Waals surface area contributed by atoms with Gasteiger partial charge in [0, 0.05) is 24.6 Å². The van der Waals surface area contributed by atoms with E-state index >= 15 is 0 Å². The Balaban J connectivity index is 2.38. The van der Waals surface area contributed by atoms with Crippen molar-refractivity contribution in [1.82, 2.24) is 4.98 Å². The molecule has 0 aliphatic carbocycles. The van der Waals surface area contributed by atoms with Crippen molar-refractivity contribution in [2.24, 2.45) is 0 Å². The van der Waals surface area contributed by atoms with Gasteiger partial charge in [0.25, 0.3) is 0 Å². The van der Waals surface area contributed by atoms with Gasteiger partial charge in [-0.1, -0.05) is 6.92 Å². The van der Waals surface area contributed by atoms with Crippen molar-refractivity contribution in [3.63, 3.8) is 0 Å². The van der Waals surface area contributed by atoms with E-state index in [4.69, 9.17) is 10.5 Å². The molecule has 1 aromatic heterocycles. The van der Waals surface area contributed by atoms with Crippen LogP contribution in [0.4, 0.5) is 5.82 Å². The summed E-state index contributed by atoms with van der Waals surface area (Å²) in [5.41, 5.74) is 6.46. The number of nitrogens with zero attached hydrogens (tertiary/aromatic N) is 1. The van der Waals surface area contributed by atoms with Crippen LogP contribution in [0.25, 0.3) is 0 Å². The van der Waals surface area contributed by atoms with E-state index in [1.165, 1.54) is 0 Å². The predicted octanol–water partition coefficient (Wildman–Crippen LogP) is 2.14. The second-order valence-electron chi connectivity index (χ2n) is 5.56. The molecule has 4 heteroatoms. The van der Waals surface area contributed by atoms with Gasteiger partial charge in [-0.2, -0.15) is 0 Å². The second kappa shape index (κ2) is 4.52. The van der Waals surface area contributed by atoms with E-state index in [0.29, 0.717) is 25.3 Å². The molecule has 0 radical (unpaired) electrons. The fourth-order valence-electron chi connectivity index (χ4n) is 2.63. The summed E-state index contributed by atoms with van der Waals surface area (Å²) in [6, 6.07) is 1.93. The van der Waals surface area contributed by atoms with Gasteiger partial charge in [0.05, 0.1) is 17.8 Å². The number of rotatable bonds is 2. The zero-order valence-corrected chi connectivity index (χ0v) is 11.4. The Labute approximate surface area is 108 Å². The van der Waals surface area contributed by atoms with E-state index in [-0.39, 0.29) is 5.60 Å². The lowest BCUT2D eigenvalue weighted by molar-refractivity contribution is -0.157. The van der Waals surface area contributed by atoms with Gasteiger partial charge < -0.3 is 15.6 Å². The molecule has 0 aromatic carbocycles. The maximum absolute atomic E-state index is 10.9. The molecule has 0 bridgehead atoms. The van der Waals surface area contributed by atoms with Crippen LogP contribution in [0.1, 0.15) is 44.2 Å². The van der Waals surface area contributed by atoms with E-state index in [1.54, 1.807) is 6.20 Å². The van der Waals surface area contributed by atoms with Gasteiger partial charge >= 0.3 is 0 Å². The highest BCUT2D eigenvalue weighted by Gasteiger charge is 2.43. The Kier molecular flexibility index (Phi) is 3.34. The lowest BCUT2D eigenvalue weighted by atomic mass is 9.77. The molecule has 1 fully saturated rings. The summed E-state index contributed by atoms with van der Waals surface area (Å²) >= 11 is 0. The molecular weight excluding hydrogens is 228 g/mol. The van der Waals surface area contributed by atoms with Crippen LogP contribution in [-0.2, 0) is 10.3 Å². The maximum atomic E-state index is 10.9. The van der Waals surface area contributed by atoms with Crippen LogP contribution in [0, 0.1) is 6.92 Å². The Morgan fingerprint density at radius 3 is 2.94 bits per heavy atom. The molecule has 2 atom stereocenters. The number of hydrogen-bond donors (Lipinski definition) is 2. The van der Waals surface area contributed by atoms with E-state index in [0.717, 1.165) is 17.5 Å². The molecule has 100 valence electrons. The first-order valence-corrected chi connectivity index (χ1v) is 6.47. The molecule has 18 heavy (non-hydrogen) atoms. The van der Waals surface area contributed by atoms with E-state index in [2.05, 4.69) is 11.9 Å². The average Bonchev–Trinajstić information content (AvgIpc) is 2.32. The van der Waals surface area contributed by atoms with Crippen LogP contribution >= 0.6 is 0 Å². The van der Waals surface area contributed by atoms with Crippen molar-refractivity contribution in [2.45, 2.75) is 51.2 Å². The Morgan fingerprint density at radius 2 is 2.28 bits per heavy atom. The van der Waals surface area contributed by atoms with Crippen molar-refractivity contribution >= 4 is 5.82 Å². The van der Waals surface area contributed by atoms with Crippen LogP contribution in [0.2, 0.25) is 0 Å². The molecule has 2 rings (SSSR count). The number of anilines is 1. The zero-order valence-electron chi connectivity index (χ0n) is 11.4. The topological polar surface area (TPSA) is 68.4 Å². The van der Waals surface area contributed by atoms with Crippen LogP contribution in [0.15, 0.2) is 12.3 Å². The zero-order chi connectivity index (χ0) is 13.4. The summed E-state index contributed by atoms with van der Waals surface area (Å²) in [5, 5.41) is 10.9. The van der Waals surface area contributed by atoms with Crippen LogP contribution in [0.3, 0.4) is 0 Å². The van der Waals surface area contributed by atoms with Crippen molar-refractivity contribution in [3.05, 3.63) is 23.4 Å². The first kappa shape index (κ1) is 13.3. The minimum atomic E-state index is -0.924. The highest BCUT2D eigenvalue weighted by atomic mass is 16.5. The van der Waals surface area contributed by atoms with Gasteiger partial charge in [-0.3, -0.25) is 0 Å². The fourth-order valence-corrected chi connectivity index (χ4v) is 2.63. The molecule has 0 saturated carbocycles. The van der Waals surface area contributed by atoms with Crippen molar-refractivity contribution in [3.8, 4) is 0 Å². The molecule has 1 saturated heterocycles. The first-order valence-electron chi connectivity index (χ1n) is 6.47. The third-order valence-electron chi connectivity index (χ3n) is 3.94. The monoisotopic (exact) mass is 250 g/mol. The number of aryl methyl sites for hydroxylation is 1. The van der Waals surface area contributed by atoms with Gasteiger partial charge in [-0.15, -0.1) is 0 Å². The normalized spacial score (nSPS) is 32.4. The Bertz CT molecular complexity index is 449. The van der Waals surface area contributed by atoms with Crippen molar-refractivity contribution in [2.75, 3.05) is 12.3 Å². The highest BCUT2D eigenvalue weighted by Crippen LogP contribution is 2.42. The van der Waals surface area contributed by atoms with Gasteiger partial charge in [-0.25, -0.2) is 4.98 Å². The molecular formula is C14H22N2O2. The van der Waals surface area contributed by atoms with Crippen LogP contribution in [0.5, 0.6) is 0 Å². The predicted molar refractivity (Wildman–Crippen MR) is 71.2 cm³/mol. The summed E-state index contributed by atoms with van der Waals surface area (Å²) in [6.07, 6.45) is 3.72. The number of nitrogen functional groups attached to an aromatic ring is 1. The summed E-state index contributed by atoms with van der Waals surface area (Å²) in [5.74, 6) is 0.420. The standard InChI is InChI=1S/C14H22N2O2/c1-4-13(3)9-14(17,5-6-18-13)11-7-10(2)8-16-12(11)15/h7-8,17H,4-6,9H2,1-3H3,(H2,15,16). The van der Waals surface area contributed by atoms with Crippen molar-refractivity contribution < 1.29 is 9.84 Å². The first-order chi connectivity index (χ1) is 8.38. The summed E-state index contributed by atoms with van der Waals surface area (Å²) in [6.45, 7) is 6.62. The number of nitrogens with two attached hydrogens (primary N) is 1. The number of ether oxygens (including phenoxy) is 1. The number of aliphatic hydroxyl groups is 1. The minimum absolute atomic E-state index is 0.289.